The van der Waals surface area contributed by atoms with Gasteiger partial charge in [-0.15, -0.1) is 0 Å². The van der Waals surface area contributed by atoms with Gasteiger partial charge < -0.3 is 5.11 Å². The Balaban J connectivity index is 1.92. The predicted molar refractivity (Wildman–Crippen MR) is 100 cm³/mol. The molecule has 0 saturated heterocycles. The first-order valence-electron chi connectivity index (χ1n) is 9.57. The number of rotatable bonds is 12. The highest BCUT2D eigenvalue weighted by molar-refractivity contribution is 5.34. The van der Waals surface area contributed by atoms with E-state index < -0.39 is 6.10 Å². The van der Waals surface area contributed by atoms with E-state index in [1.165, 1.54) is 64.2 Å². The minimum Gasteiger partial charge on any atom is -0.380 e. The van der Waals surface area contributed by atoms with Crippen LogP contribution in [0.4, 0.5) is 0 Å². The van der Waals surface area contributed by atoms with Crippen LogP contribution in [0.1, 0.15) is 89.5 Å². The lowest BCUT2D eigenvalue weighted by molar-refractivity contribution is 0.217. The molecule has 0 amide bonds. The van der Waals surface area contributed by atoms with Crippen LogP contribution >= 0.6 is 0 Å². The third kappa shape index (κ3) is 11.9. The van der Waals surface area contributed by atoms with E-state index in [1.54, 1.807) is 0 Å². The van der Waals surface area contributed by atoms with Crippen LogP contribution in [0.2, 0.25) is 0 Å². The Hall–Kier alpha value is -1.26. The highest BCUT2D eigenvalue weighted by Gasteiger charge is 1.99. The molecule has 1 nitrogen and oxygen atoms in total. The van der Waals surface area contributed by atoms with Gasteiger partial charge >= 0.3 is 0 Å². The zero-order chi connectivity index (χ0) is 16.6. The maximum atomic E-state index is 9.88. The van der Waals surface area contributed by atoms with Gasteiger partial charge in [0.1, 0.15) is 6.10 Å². The fraction of sp³-hybridized carbons (Fsp3) is 0.636. The first-order chi connectivity index (χ1) is 11.3. The van der Waals surface area contributed by atoms with Crippen LogP contribution in [0.3, 0.4) is 0 Å². The lowest BCUT2D eigenvalue weighted by atomic mass is 10.0. The Morgan fingerprint density at radius 2 is 1.30 bits per heavy atom. The molecule has 0 aliphatic rings. The van der Waals surface area contributed by atoms with E-state index in [-0.39, 0.29) is 0 Å². The van der Waals surface area contributed by atoms with E-state index in [4.69, 9.17) is 0 Å². The first-order valence-corrected chi connectivity index (χ1v) is 9.57. The van der Waals surface area contributed by atoms with Gasteiger partial charge in [-0.1, -0.05) is 101 Å². The van der Waals surface area contributed by atoms with Crippen molar-refractivity contribution >= 4 is 0 Å². The van der Waals surface area contributed by atoms with E-state index in [0.717, 1.165) is 18.4 Å². The van der Waals surface area contributed by atoms with Gasteiger partial charge in [-0.2, -0.15) is 0 Å². The summed E-state index contributed by atoms with van der Waals surface area (Å²) in [6.45, 7) is 2.27. The molecule has 23 heavy (non-hydrogen) atoms. The molecule has 0 bridgehead atoms. The van der Waals surface area contributed by atoms with Gasteiger partial charge in [0.05, 0.1) is 0 Å². The monoisotopic (exact) mass is 314 g/mol. The summed E-state index contributed by atoms with van der Waals surface area (Å²) in [5, 5.41) is 9.88. The van der Waals surface area contributed by atoms with Crippen molar-refractivity contribution in [2.45, 2.75) is 90.1 Å². The van der Waals surface area contributed by atoms with Crippen molar-refractivity contribution in [3.63, 3.8) is 0 Å². The average Bonchev–Trinajstić information content (AvgIpc) is 2.59. The summed E-state index contributed by atoms with van der Waals surface area (Å²) < 4.78 is 0. The molecule has 0 radical (unpaired) electrons. The Morgan fingerprint density at radius 1 is 0.783 bits per heavy atom. The Bertz CT molecular complexity index is 426. The zero-order valence-corrected chi connectivity index (χ0v) is 14.9. The topological polar surface area (TPSA) is 20.2 Å². The van der Waals surface area contributed by atoms with Crippen LogP contribution in [-0.2, 0) is 0 Å². The molecule has 0 aliphatic carbocycles. The average molecular weight is 315 g/mol. The molecule has 0 aromatic heterocycles. The van der Waals surface area contributed by atoms with Gasteiger partial charge in [-0.3, -0.25) is 0 Å². The van der Waals surface area contributed by atoms with Crippen molar-refractivity contribution in [3.8, 4) is 11.8 Å². The fourth-order valence-corrected chi connectivity index (χ4v) is 2.76. The van der Waals surface area contributed by atoms with Crippen molar-refractivity contribution in [2.24, 2.45) is 0 Å². The smallest absolute Gasteiger partial charge is 0.115 e. The molecule has 1 N–H and O–H groups in total. The van der Waals surface area contributed by atoms with Crippen LogP contribution in [0.25, 0.3) is 0 Å². The zero-order valence-electron chi connectivity index (χ0n) is 14.9. The summed E-state index contributed by atoms with van der Waals surface area (Å²) in [5.74, 6) is 5.97. The highest BCUT2D eigenvalue weighted by Crippen LogP contribution is 2.12. The van der Waals surface area contributed by atoms with Crippen LogP contribution in [0, 0.1) is 11.8 Å². The molecule has 1 rings (SSSR count). The molecule has 0 fully saturated rings. The molecule has 0 saturated carbocycles. The number of hydrogen-bond donors (Lipinski definition) is 1. The third-order valence-corrected chi connectivity index (χ3v) is 4.24. The standard InChI is InChI=1S/C22H34O/c1-2-3-4-5-6-7-8-9-10-11-15-18-22(23)20-19-21-16-13-12-14-17-21/h12-14,16-17,22-23H,2-11,15,18H2,1H3. The summed E-state index contributed by atoms with van der Waals surface area (Å²) in [6.07, 6.45) is 15.0. The predicted octanol–water partition coefficient (Wildman–Crippen LogP) is 6.10. The molecule has 1 aromatic carbocycles. The molecular weight excluding hydrogens is 280 g/mol. The van der Waals surface area contributed by atoms with Gasteiger partial charge in [-0.05, 0) is 25.0 Å². The summed E-state index contributed by atoms with van der Waals surface area (Å²) >= 11 is 0. The lowest BCUT2D eigenvalue weighted by Gasteiger charge is -2.04. The summed E-state index contributed by atoms with van der Waals surface area (Å²) in [7, 11) is 0. The molecule has 0 spiro atoms. The second-order valence-corrected chi connectivity index (χ2v) is 6.48. The molecule has 1 unspecified atom stereocenters. The van der Waals surface area contributed by atoms with Crippen LogP contribution < -0.4 is 0 Å². The highest BCUT2D eigenvalue weighted by atomic mass is 16.3. The number of hydrogen-bond acceptors (Lipinski definition) is 1. The fourth-order valence-electron chi connectivity index (χ4n) is 2.76. The van der Waals surface area contributed by atoms with Crippen molar-refractivity contribution in [1.82, 2.24) is 0 Å². The lowest BCUT2D eigenvalue weighted by Crippen LogP contribution is -2.02. The Kier molecular flexibility index (Phi) is 12.3. The summed E-state index contributed by atoms with van der Waals surface area (Å²) in [5.41, 5.74) is 0.977. The molecule has 128 valence electrons. The minimum atomic E-state index is -0.478. The molecular formula is C22H34O. The largest absolute Gasteiger partial charge is 0.380 e. The van der Waals surface area contributed by atoms with E-state index in [9.17, 15) is 5.11 Å². The quantitative estimate of drug-likeness (QED) is 0.365. The maximum absolute atomic E-state index is 9.88. The van der Waals surface area contributed by atoms with E-state index in [1.807, 2.05) is 30.3 Å². The van der Waals surface area contributed by atoms with Crippen molar-refractivity contribution in [1.29, 1.82) is 0 Å². The van der Waals surface area contributed by atoms with E-state index >= 15 is 0 Å². The van der Waals surface area contributed by atoms with E-state index in [0.29, 0.717) is 0 Å². The maximum Gasteiger partial charge on any atom is 0.115 e. The second-order valence-electron chi connectivity index (χ2n) is 6.48. The van der Waals surface area contributed by atoms with Gasteiger partial charge in [0, 0.05) is 5.56 Å². The molecule has 1 atom stereocenters. The van der Waals surface area contributed by atoms with E-state index in [2.05, 4.69) is 18.8 Å². The van der Waals surface area contributed by atoms with Crippen LogP contribution in [0.5, 0.6) is 0 Å². The van der Waals surface area contributed by atoms with Gasteiger partial charge in [0.25, 0.3) is 0 Å². The normalized spacial score (nSPS) is 11.7. The summed E-state index contributed by atoms with van der Waals surface area (Å²) in [4.78, 5) is 0. The second kappa shape index (κ2) is 14.3. The molecule has 1 aromatic rings. The van der Waals surface area contributed by atoms with Crippen LogP contribution in [-0.4, -0.2) is 11.2 Å². The van der Waals surface area contributed by atoms with Gasteiger partial charge in [0.2, 0.25) is 0 Å². The molecule has 0 heterocycles. The number of aliphatic hydroxyl groups is 1. The van der Waals surface area contributed by atoms with Crippen molar-refractivity contribution < 1.29 is 5.11 Å². The molecule has 0 aliphatic heterocycles. The molecule has 1 heteroatoms. The van der Waals surface area contributed by atoms with Crippen molar-refractivity contribution in [2.75, 3.05) is 0 Å². The first kappa shape index (κ1) is 19.8. The SMILES string of the molecule is CCCCCCCCCCCCCC(O)C#Cc1ccccc1. The Labute approximate surface area is 143 Å². The third-order valence-electron chi connectivity index (χ3n) is 4.24. The van der Waals surface area contributed by atoms with Crippen molar-refractivity contribution in [3.05, 3.63) is 35.9 Å². The number of benzene rings is 1. The number of unbranched alkanes of at least 4 members (excludes halogenated alkanes) is 10. The minimum absolute atomic E-state index is 0.478. The van der Waals surface area contributed by atoms with Gasteiger partial charge in [0.15, 0.2) is 0 Å². The number of aliphatic hydroxyl groups excluding tert-OH is 1. The van der Waals surface area contributed by atoms with Crippen LogP contribution in [0.15, 0.2) is 30.3 Å². The Morgan fingerprint density at radius 3 is 1.87 bits per heavy atom. The summed E-state index contributed by atoms with van der Waals surface area (Å²) in [6, 6.07) is 9.87. The van der Waals surface area contributed by atoms with Gasteiger partial charge in [-0.25, -0.2) is 0 Å².